The van der Waals surface area contributed by atoms with Gasteiger partial charge in [0, 0.05) is 0 Å². The number of unbranched alkanes of at least 4 members (excludes halogenated alkanes) is 3. The standard InChI is InChI=1S/C15H20O3/c1-2-3-4-8-11-13-15(17-13)18-14(16)12-9-6-5-7-10-12/h5-7,9-10,13,15H,2-4,8,11H2,1H3/t13-,15-/m1/s1. The fourth-order valence-corrected chi connectivity index (χ4v) is 1.95. The van der Waals surface area contributed by atoms with Gasteiger partial charge in [0.15, 0.2) is 0 Å². The highest BCUT2D eigenvalue weighted by Gasteiger charge is 2.41. The monoisotopic (exact) mass is 248 g/mol. The number of carbonyl (C=O) groups is 1. The van der Waals surface area contributed by atoms with E-state index in [1.807, 2.05) is 18.2 Å². The molecule has 0 amide bonds. The molecule has 1 aromatic carbocycles. The minimum absolute atomic E-state index is 0.120. The molecule has 0 saturated carbocycles. The highest BCUT2D eigenvalue weighted by atomic mass is 16.8. The van der Waals surface area contributed by atoms with Crippen molar-refractivity contribution < 1.29 is 14.3 Å². The summed E-state index contributed by atoms with van der Waals surface area (Å²) < 4.78 is 10.6. The van der Waals surface area contributed by atoms with E-state index in [1.165, 1.54) is 19.3 Å². The zero-order valence-corrected chi connectivity index (χ0v) is 10.8. The Kier molecular flexibility index (Phi) is 4.76. The summed E-state index contributed by atoms with van der Waals surface area (Å²) in [6.07, 6.45) is 5.67. The molecule has 3 nitrogen and oxygen atoms in total. The fourth-order valence-electron chi connectivity index (χ4n) is 1.95. The molecule has 1 heterocycles. The van der Waals surface area contributed by atoms with Crippen LogP contribution in [0.4, 0.5) is 0 Å². The molecule has 1 fully saturated rings. The van der Waals surface area contributed by atoms with Gasteiger partial charge in [-0.05, 0) is 18.6 Å². The van der Waals surface area contributed by atoms with Gasteiger partial charge in [-0.2, -0.15) is 0 Å². The van der Waals surface area contributed by atoms with Gasteiger partial charge in [0.05, 0.1) is 5.56 Å². The van der Waals surface area contributed by atoms with E-state index >= 15 is 0 Å². The Morgan fingerprint density at radius 2 is 2.00 bits per heavy atom. The van der Waals surface area contributed by atoms with Gasteiger partial charge in [0.2, 0.25) is 6.29 Å². The molecule has 1 saturated heterocycles. The summed E-state index contributed by atoms with van der Waals surface area (Å²) in [6, 6.07) is 9.03. The topological polar surface area (TPSA) is 38.8 Å². The van der Waals surface area contributed by atoms with Gasteiger partial charge in [-0.3, -0.25) is 0 Å². The molecule has 18 heavy (non-hydrogen) atoms. The Morgan fingerprint density at radius 1 is 1.22 bits per heavy atom. The molecule has 0 unspecified atom stereocenters. The van der Waals surface area contributed by atoms with Gasteiger partial charge in [-0.15, -0.1) is 0 Å². The van der Waals surface area contributed by atoms with Crippen molar-refractivity contribution in [2.75, 3.05) is 0 Å². The van der Waals surface area contributed by atoms with E-state index in [-0.39, 0.29) is 18.4 Å². The summed E-state index contributed by atoms with van der Waals surface area (Å²) in [5.41, 5.74) is 0.581. The average molecular weight is 248 g/mol. The van der Waals surface area contributed by atoms with Crippen LogP contribution >= 0.6 is 0 Å². The number of hydrogen-bond acceptors (Lipinski definition) is 3. The van der Waals surface area contributed by atoms with Crippen LogP contribution in [0, 0.1) is 0 Å². The van der Waals surface area contributed by atoms with Gasteiger partial charge in [0.25, 0.3) is 0 Å². The minimum Gasteiger partial charge on any atom is -0.429 e. The first kappa shape index (κ1) is 13.1. The molecule has 0 spiro atoms. The molecule has 0 radical (unpaired) electrons. The molecule has 1 aromatic rings. The van der Waals surface area contributed by atoms with E-state index in [1.54, 1.807) is 12.1 Å². The van der Waals surface area contributed by atoms with E-state index < -0.39 is 0 Å². The predicted molar refractivity (Wildman–Crippen MR) is 69.3 cm³/mol. The van der Waals surface area contributed by atoms with Crippen LogP contribution in [0.25, 0.3) is 0 Å². The maximum absolute atomic E-state index is 11.7. The third kappa shape index (κ3) is 3.84. The summed E-state index contributed by atoms with van der Waals surface area (Å²) in [5, 5.41) is 0. The second-order valence-electron chi connectivity index (χ2n) is 4.66. The van der Waals surface area contributed by atoms with Crippen molar-refractivity contribution in [2.24, 2.45) is 0 Å². The number of ether oxygens (including phenoxy) is 2. The van der Waals surface area contributed by atoms with E-state index in [9.17, 15) is 4.79 Å². The highest BCUT2D eigenvalue weighted by Crippen LogP contribution is 2.29. The molecule has 0 N–H and O–H groups in total. The zero-order chi connectivity index (χ0) is 12.8. The summed E-state index contributed by atoms with van der Waals surface area (Å²) in [6.45, 7) is 2.19. The summed E-state index contributed by atoms with van der Waals surface area (Å²) in [4.78, 5) is 11.7. The summed E-state index contributed by atoms with van der Waals surface area (Å²) in [5.74, 6) is -0.295. The van der Waals surface area contributed by atoms with Crippen molar-refractivity contribution >= 4 is 5.97 Å². The molecule has 0 bridgehead atoms. The molecule has 2 atom stereocenters. The summed E-state index contributed by atoms with van der Waals surface area (Å²) in [7, 11) is 0. The quantitative estimate of drug-likeness (QED) is 0.421. The van der Waals surface area contributed by atoms with Crippen molar-refractivity contribution in [1.82, 2.24) is 0 Å². The molecular weight excluding hydrogens is 228 g/mol. The van der Waals surface area contributed by atoms with Gasteiger partial charge in [-0.25, -0.2) is 4.79 Å². The number of epoxide rings is 1. The summed E-state index contributed by atoms with van der Waals surface area (Å²) >= 11 is 0. The van der Waals surface area contributed by atoms with Crippen LogP contribution in [0.1, 0.15) is 49.4 Å². The zero-order valence-electron chi connectivity index (χ0n) is 10.8. The highest BCUT2D eigenvalue weighted by molar-refractivity contribution is 5.89. The van der Waals surface area contributed by atoms with Gasteiger partial charge >= 0.3 is 5.97 Å². The lowest BCUT2D eigenvalue weighted by atomic mass is 10.1. The molecule has 0 aromatic heterocycles. The SMILES string of the molecule is CCCCCC[C@H]1O[C@@H]1OC(=O)c1ccccc1. The van der Waals surface area contributed by atoms with Crippen LogP contribution < -0.4 is 0 Å². The normalized spacial score (nSPS) is 21.6. The lowest BCUT2D eigenvalue weighted by Gasteiger charge is -2.01. The predicted octanol–water partition coefficient (Wildman–Crippen LogP) is 3.54. The van der Waals surface area contributed by atoms with Crippen LogP contribution in [0.5, 0.6) is 0 Å². The third-order valence-corrected chi connectivity index (χ3v) is 3.11. The van der Waals surface area contributed by atoms with E-state index in [4.69, 9.17) is 9.47 Å². The maximum atomic E-state index is 11.7. The van der Waals surface area contributed by atoms with Crippen molar-refractivity contribution in [3.05, 3.63) is 35.9 Å². The average Bonchev–Trinajstić information content (AvgIpc) is 3.14. The molecule has 98 valence electrons. The van der Waals surface area contributed by atoms with Gasteiger partial charge in [0.1, 0.15) is 6.10 Å². The molecule has 3 heteroatoms. The van der Waals surface area contributed by atoms with Gasteiger partial charge in [-0.1, -0.05) is 50.8 Å². The Labute approximate surface area is 108 Å². The molecule has 1 aliphatic rings. The number of carbonyl (C=O) groups excluding carboxylic acids is 1. The number of hydrogen-bond donors (Lipinski definition) is 0. The van der Waals surface area contributed by atoms with Gasteiger partial charge < -0.3 is 9.47 Å². The number of rotatable bonds is 7. The van der Waals surface area contributed by atoms with Crippen LogP contribution in [0.3, 0.4) is 0 Å². The molecule has 1 aliphatic heterocycles. The van der Waals surface area contributed by atoms with Crippen molar-refractivity contribution in [3.63, 3.8) is 0 Å². The van der Waals surface area contributed by atoms with Crippen LogP contribution in [0.15, 0.2) is 30.3 Å². The van der Waals surface area contributed by atoms with E-state index in [2.05, 4.69) is 6.92 Å². The molecular formula is C15H20O3. The van der Waals surface area contributed by atoms with Crippen LogP contribution in [0.2, 0.25) is 0 Å². The Hall–Kier alpha value is -1.35. The first-order valence-electron chi connectivity index (χ1n) is 6.72. The molecule has 0 aliphatic carbocycles. The number of esters is 1. The molecule has 2 rings (SSSR count). The van der Waals surface area contributed by atoms with Crippen molar-refractivity contribution in [3.8, 4) is 0 Å². The second-order valence-corrected chi connectivity index (χ2v) is 4.66. The number of benzene rings is 1. The first-order chi connectivity index (χ1) is 8.81. The van der Waals surface area contributed by atoms with Crippen molar-refractivity contribution in [2.45, 2.75) is 51.4 Å². The minimum atomic E-state index is -0.320. The second kappa shape index (κ2) is 6.55. The first-order valence-corrected chi connectivity index (χ1v) is 6.72. The maximum Gasteiger partial charge on any atom is 0.340 e. The third-order valence-electron chi connectivity index (χ3n) is 3.11. The Bertz CT molecular complexity index is 375. The van der Waals surface area contributed by atoms with E-state index in [0.717, 1.165) is 12.8 Å². The Morgan fingerprint density at radius 3 is 2.72 bits per heavy atom. The largest absolute Gasteiger partial charge is 0.429 e. The van der Waals surface area contributed by atoms with Crippen LogP contribution in [-0.4, -0.2) is 18.4 Å². The lowest BCUT2D eigenvalue weighted by Crippen LogP contribution is -2.09. The van der Waals surface area contributed by atoms with Crippen molar-refractivity contribution in [1.29, 1.82) is 0 Å². The van der Waals surface area contributed by atoms with E-state index in [0.29, 0.717) is 5.56 Å². The fraction of sp³-hybridized carbons (Fsp3) is 0.533. The lowest BCUT2D eigenvalue weighted by molar-refractivity contribution is 0.0297. The van der Waals surface area contributed by atoms with Crippen LogP contribution in [-0.2, 0) is 9.47 Å². The smallest absolute Gasteiger partial charge is 0.340 e. The Balaban J connectivity index is 1.65.